The highest BCUT2D eigenvalue weighted by Crippen LogP contribution is 2.33. The van der Waals surface area contributed by atoms with Crippen LogP contribution in [0.2, 0.25) is 0 Å². The molecule has 25 heavy (non-hydrogen) atoms. The molecular weight excluding hydrogens is 380 g/mol. The lowest BCUT2D eigenvalue weighted by Gasteiger charge is -2.24. The van der Waals surface area contributed by atoms with E-state index in [1.165, 1.54) is 5.56 Å². The summed E-state index contributed by atoms with van der Waals surface area (Å²) >= 11 is 3.49. The number of benzene rings is 2. The number of halogens is 1. The van der Waals surface area contributed by atoms with E-state index in [-0.39, 0.29) is 12.1 Å². The molecule has 1 saturated heterocycles. The number of rotatable bonds is 3. The number of carbonyl (C=O) groups excluding carboxylic acids is 1. The first-order valence-corrected chi connectivity index (χ1v) is 9.33. The number of carbonyl (C=O) groups is 1. The molecule has 0 spiro atoms. The number of nitrogens with zero attached hydrogens (tertiary/aromatic N) is 2. The van der Waals surface area contributed by atoms with Crippen molar-refractivity contribution in [1.29, 1.82) is 0 Å². The number of ether oxygens (including phenoxy) is 1. The zero-order valence-electron chi connectivity index (χ0n) is 13.8. The molecule has 2 aromatic rings. The van der Waals surface area contributed by atoms with Crippen molar-refractivity contribution in [2.24, 2.45) is 4.99 Å². The second kappa shape index (κ2) is 7.00. The van der Waals surface area contributed by atoms with Crippen molar-refractivity contribution in [3.05, 3.63) is 64.1 Å². The molecule has 128 valence electrons. The average molecular weight is 399 g/mol. The number of fused-ring (bicyclic) bond motifs is 1. The van der Waals surface area contributed by atoms with E-state index >= 15 is 0 Å². The SMILES string of the molecule is O=C(OCc1ccccc1)N1CCCC1C1=Nc2cc(Br)ccc2C1. The highest BCUT2D eigenvalue weighted by molar-refractivity contribution is 9.10. The third-order valence-electron chi connectivity index (χ3n) is 4.76. The molecule has 5 heteroatoms. The van der Waals surface area contributed by atoms with Crippen LogP contribution in [0.25, 0.3) is 0 Å². The van der Waals surface area contributed by atoms with E-state index < -0.39 is 0 Å². The van der Waals surface area contributed by atoms with Crippen molar-refractivity contribution in [2.45, 2.75) is 31.9 Å². The Bertz CT molecular complexity index is 820. The molecule has 0 bridgehead atoms. The van der Waals surface area contributed by atoms with Gasteiger partial charge in [0.05, 0.1) is 11.7 Å². The largest absolute Gasteiger partial charge is 0.445 e. The highest BCUT2D eigenvalue weighted by atomic mass is 79.9. The van der Waals surface area contributed by atoms with Crippen molar-refractivity contribution in [3.63, 3.8) is 0 Å². The third kappa shape index (κ3) is 3.47. The van der Waals surface area contributed by atoms with Gasteiger partial charge in [-0.15, -0.1) is 0 Å². The molecule has 4 nitrogen and oxygen atoms in total. The van der Waals surface area contributed by atoms with Crippen LogP contribution in [0.1, 0.15) is 24.0 Å². The molecule has 0 saturated carbocycles. The zero-order valence-corrected chi connectivity index (χ0v) is 15.4. The summed E-state index contributed by atoms with van der Waals surface area (Å²) in [5.74, 6) is 0. The van der Waals surface area contributed by atoms with Gasteiger partial charge in [0, 0.05) is 23.1 Å². The predicted octanol–water partition coefficient (Wildman–Crippen LogP) is 4.88. The maximum atomic E-state index is 12.6. The van der Waals surface area contributed by atoms with Gasteiger partial charge in [-0.05, 0) is 36.1 Å². The average Bonchev–Trinajstić information content (AvgIpc) is 3.26. The molecule has 1 fully saturated rings. The monoisotopic (exact) mass is 398 g/mol. The fraction of sp³-hybridized carbons (Fsp3) is 0.300. The molecule has 1 unspecified atom stereocenters. The van der Waals surface area contributed by atoms with Gasteiger partial charge in [0.2, 0.25) is 0 Å². The molecular formula is C20H19BrN2O2. The Hall–Kier alpha value is -2.14. The molecule has 2 aromatic carbocycles. The molecule has 4 rings (SSSR count). The zero-order chi connectivity index (χ0) is 17.2. The van der Waals surface area contributed by atoms with E-state index in [0.717, 1.165) is 47.2 Å². The molecule has 0 aromatic heterocycles. The number of hydrogen-bond acceptors (Lipinski definition) is 3. The Morgan fingerprint density at radius 1 is 1.24 bits per heavy atom. The lowest BCUT2D eigenvalue weighted by Crippen LogP contribution is -2.40. The lowest BCUT2D eigenvalue weighted by molar-refractivity contribution is 0.0991. The van der Waals surface area contributed by atoms with Crippen molar-refractivity contribution >= 4 is 33.4 Å². The van der Waals surface area contributed by atoms with Gasteiger partial charge in [-0.2, -0.15) is 0 Å². The van der Waals surface area contributed by atoms with Gasteiger partial charge >= 0.3 is 6.09 Å². The quantitative estimate of drug-likeness (QED) is 0.739. The Kier molecular flexibility index (Phi) is 4.57. The van der Waals surface area contributed by atoms with Gasteiger partial charge in [-0.1, -0.05) is 52.3 Å². The predicted molar refractivity (Wildman–Crippen MR) is 101 cm³/mol. The van der Waals surface area contributed by atoms with Gasteiger partial charge < -0.3 is 4.74 Å². The summed E-state index contributed by atoms with van der Waals surface area (Å²) in [6.45, 7) is 1.04. The topological polar surface area (TPSA) is 41.9 Å². The Labute approximate surface area is 155 Å². The van der Waals surface area contributed by atoms with Crippen molar-refractivity contribution < 1.29 is 9.53 Å². The first kappa shape index (κ1) is 16.3. The molecule has 1 atom stereocenters. The summed E-state index contributed by atoms with van der Waals surface area (Å²) in [5.41, 5.74) is 4.31. The van der Waals surface area contributed by atoms with Crippen molar-refractivity contribution in [1.82, 2.24) is 4.90 Å². The van der Waals surface area contributed by atoms with Crippen LogP contribution in [0.3, 0.4) is 0 Å². The van der Waals surface area contributed by atoms with Crippen molar-refractivity contribution in [3.8, 4) is 0 Å². The van der Waals surface area contributed by atoms with E-state index in [9.17, 15) is 4.79 Å². The van der Waals surface area contributed by atoms with Crippen molar-refractivity contribution in [2.75, 3.05) is 6.54 Å². The molecule has 1 amide bonds. The third-order valence-corrected chi connectivity index (χ3v) is 5.25. The van der Waals surface area contributed by atoms with Crippen LogP contribution in [0.4, 0.5) is 10.5 Å². The summed E-state index contributed by atoms with van der Waals surface area (Å²) in [4.78, 5) is 19.2. The Balaban J connectivity index is 1.44. The van der Waals surface area contributed by atoms with E-state index in [0.29, 0.717) is 6.61 Å². The summed E-state index contributed by atoms with van der Waals surface area (Å²) < 4.78 is 6.55. The number of likely N-dealkylation sites (tertiary alicyclic amines) is 1. The Morgan fingerprint density at radius 3 is 2.92 bits per heavy atom. The maximum Gasteiger partial charge on any atom is 0.410 e. The van der Waals surface area contributed by atoms with Gasteiger partial charge in [0.15, 0.2) is 0 Å². The number of aliphatic imine (C=N–C) groups is 1. The summed E-state index contributed by atoms with van der Waals surface area (Å²) in [6.07, 6.45) is 2.51. The van der Waals surface area contributed by atoms with Crippen LogP contribution < -0.4 is 0 Å². The molecule has 0 N–H and O–H groups in total. The molecule has 0 aliphatic carbocycles. The molecule has 2 aliphatic heterocycles. The Morgan fingerprint density at radius 2 is 2.08 bits per heavy atom. The van der Waals surface area contributed by atoms with E-state index in [4.69, 9.17) is 9.73 Å². The van der Waals surface area contributed by atoms with Gasteiger partial charge in [-0.3, -0.25) is 9.89 Å². The van der Waals surface area contributed by atoms with Gasteiger partial charge in [0.1, 0.15) is 6.61 Å². The standard InChI is InChI=1S/C20H19BrN2O2/c21-16-9-8-15-11-18(22-17(15)12-16)19-7-4-10-23(19)20(24)25-13-14-5-2-1-3-6-14/h1-3,5-6,8-9,12,19H,4,7,10-11,13H2. The summed E-state index contributed by atoms with van der Waals surface area (Å²) in [7, 11) is 0. The van der Waals surface area contributed by atoms with E-state index in [1.807, 2.05) is 47.4 Å². The van der Waals surface area contributed by atoms with E-state index in [2.05, 4.69) is 22.0 Å². The van der Waals surface area contributed by atoms with Gasteiger partial charge in [-0.25, -0.2) is 4.79 Å². The first-order valence-electron chi connectivity index (χ1n) is 8.54. The summed E-state index contributed by atoms with van der Waals surface area (Å²) in [6, 6.07) is 16.0. The minimum absolute atomic E-state index is 0.0504. The molecule has 2 heterocycles. The van der Waals surface area contributed by atoms with Crippen LogP contribution in [0, 0.1) is 0 Å². The fourth-order valence-corrected chi connectivity index (χ4v) is 3.86. The maximum absolute atomic E-state index is 12.6. The van der Waals surface area contributed by atoms with Crippen LogP contribution in [0.5, 0.6) is 0 Å². The summed E-state index contributed by atoms with van der Waals surface area (Å²) in [5, 5.41) is 0. The van der Waals surface area contributed by atoms with Gasteiger partial charge in [0.25, 0.3) is 0 Å². The van der Waals surface area contributed by atoms with Crippen LogP contribution in [0.15, 0.2) is 58.0 Å². The number of hydrogen-bond donors (Lipinski definition) is 0. The molecule has 2 aliphatic rings. The first-order chi connectivity index (χ1) is 12.2. The lowest BCUT2D eigenvalue weighted by atomic mass is 10.0. The molecule has 0 radical (unpaired) electrons. The second-order valence-electron chi connectivity index (χ2n) is 6.44. The van der Waals surface area contributed by atoms with Crippen LogP contribution in [-0.2, 0) is 17.8 Å². The fourth-order valence-electron chi connectivity index (χ4n) is 3.51. The number of amides is 1. The normalized spacial score (nSPS) is 18.8. The minimum atomic E-state index is -0.244. The second-order valence-corrected chi connectivity index (χ2v) is 7.36. The minimum Gasteiger partial charge on any atom is -0.445 e. The van der Waals surface area contributed by atoms with E-state index in [1.54, 1.807) is 0 Å². The smallest absolute Gasteiger partial charge is 0.410 e. The van der Waals surface area contributed by atoms with Crippen LogP contribution >= 0.6 is 15.9 Å². The van der Waals surface area contributed by atoms with Crippen LogP contribution in [-0.4, -0.2) is 29.3 Å². The highest BCUT2D eigenvalue weighted by Gasteiger charge is 2.35.